The third-order valence-corrected chi connectivity index (χ3v) is 2.31. The van der Waals surface area contributed by atoms with Crippen molar-refractivity contribution in [2.45, 2.75) is 6.10 Å². The monoisotopic (exact) mass is 245 g/mol. The Balaban J connectivity index is 2.82. The second kappa shape index (κ2) is 4.34. The number of benzene rings is 1. The Morgan fingerprint density at radius 3 is 2.69 bits per heavy atom. The van der Waals surface area contributed by atoms with Gasteiger partial charge in [-0.1, -0.05) is 34.1 Å². The topological polar surface area (TPSA) is 63.4 Å². The van der Waals surface area contributed by atoms with Gasteiger partial charge in [0, 0.05) is 15.0 Å². The van der Waals surface area contributed by atoms with Crippen LogP contribution in [0, 0.1) is 10.1 Å². The molecular weight excluding hydrogens is 238 g/mol. The molecule has 0 amide bonds. The van der Waals surface area contributed by atoms with E-state index >= 15 is 0 Å². The molecule has 13 heavy (non-hydrogen) atoms. The maximum atomic E-state index is 10.1. The lowest BCUT2D eigenvalue weighted by atomic mass is 10.1. The molecule has 0 bridgehead atoms. The van der Waals surface area contributed by atoms with Crippen molar-refractivity contribution in [3.05, 3.63) is 44.4 Å². The molecule has 0 radical (unpaired) electrons. The summed E-state index contributed by atoms with van der Waals surface area (Å²) in [4.78, 5) is 9.59. The molecule has 1 aromatic carbocycles. The van der Waals surface area contributed by atoms with E-state index in [1.165, 1.54) is 0 Å². The normalized spacial score (nSPS) is 12.5. The molecule has 1 atom stereocenters. The van der Waals surface area contributed by atoms with E-state index in [1.54, 1.807) is 24.3 Å². The molecular formula is C8H8BrNO3. The van der Waals surface area contributed by atoms with E-state index in [9.17, 15) is 15.2 Å². The molecule has 0 aromatic heterocycles. The molecule has 1 unspecified atom stereocenters. The van der Waals surface area contributed by atoms with E-state index in [4.69, 9.17) is 0 Å². The second-order valence-electron chi connectivity index (χ2n) is 2.55. The van der Waals surface area contributed by atoms with Crippen molar-refractivity contribution >= 4 is 15.9 Å². The highest BCUT2D eigenvalue weighted by Gasteiger charge is 2.15. The third-order valence-electron chi connectivity index (χ3n) is 1.59. The van der Waals surface area contributed by atoms with Crippen molar-refractivity contribution in [1.82, 2.24) is 0 Å². The van der Waals surface area contributed by atoms with E-state index in [0.717, 1.165) is 0 Å². The molecule has 1 aromatic rings. The maximum Gasteiger partial charge on any atom is 0.233 e. The number of hydrogen-bond donors (Lipinski definition) is 1. The minimum atomic E-state index is -1.05. The average molecular weight is 246 g/mol. The highest BCUT2D eigenvalue weighted by Crippen LogP contribution is 2.22. The second-order valence-corrected chi connectivity index (χ2v) is 3.41. The number of nitro groups is 1. The predicted octanol–water partition coefficient (Wildman–Crippen LogP) is 1.76. The Morgan fingerprint density at radius 2 is 2.15 bits per heavy atom. The van der Waals surface area contributed by atoms with Crippen LogP contribution in [-0.4, -0.2) is 16.6 Å². The Bertz CT molecular complexity index is 316. The van der Waals surface area contributed by atoms with E-state index in [2.05, 4.69) is 15.9 Å². The van der Waals surface area contributed by atoms with Crippen LogP contribution in [0.5, 0.6) is 0 Å². The SMILES string of the molecule is O=[N+]([O-])CC(O)c1ccccc1Br. The van der Waals surface area contributed by atoms with Crippen molar-refractivity contribution in [3.8, 4) is 0 Å². The first kappa shape index (κ1) is 10.1. The van der Waals surface area contributed by atoms with Gasteiger partial charge in [-0.2, -0.15) is 0 Å². The summed E-state index contributed by atoms with van der Waals surface area (Å²) >= 11 is 3.20. The first-order valence-corrected chi connectivity index (χ1v) is 4.45. The fourth-order valence-corrected chi connectivity index (χ4v) is 1.53. The van der Waals surface area contributed by atoms with Crippen molar-refractivity contribution in [3.63, 3.8) is 0 Å². The van der Waals surface area contributed by atoms with Crippen LogP contribution in [0.25, 0.3) is 0 Å². The first-order valence-electron chi connectivity index (χ1n) is 3.65. The van der Waals surface area contributed by atoms with E-state index in [1.807, 2.05) is 0 Å². The standard InChI is InChI=1S/C8H8BrNO3/c9-7-4-2-1-3-6(7)8(11)5-10(12)13/h1-4,8,11H,5H2. The van der Waals surface area contributed by atoms with Crippen molar-refractivity contribution in [2.24, 2.45) is 0 Å². The fourth-order valence-electron chi connectivity index (χ4n) is 0.985. The minimum absolute atomic E-state index is 0.470. The third kappa shape index (κ3) is 2.78. The van der Waals surface area contributed by atoms with Gasteiger partial charge < -0.3 is 5.11 Å². The van der Waals surface area contributed by atoms with Gasteiger partial charge in [-0.3, -0.25) is 10.1 Å². The number of hydrogen-bond acceptors (Lipinski definition) is 3. The lowest BCUT2D eigenvalue weighted by Gasteiger charge is -2.07. The molecule has 0 aliphatic carbocycles. The van der Waals surface area contributed by atoms with Crippen molar-refractivity contribution in [2.75, 3.05) is 6.54 Å². The number of nitrogens with zero attached hydrogens (tertiary/aromatic N) is 1. The van der Waals surface area contributed by atoms with Gasteiger partial charge >= 0.3 is 0 Å². The molecule has 0 saturated carbocycles. The van der Waals surface area contributed by atoms with Gasteiger partial charge in [0.2, 0.25) is 6.54 Å². The summed E-state index contributed by atoms with van der Waals surface area (Å²) in [7, 11) is 0. The molecule has 70 valence electrons. The fraction of sp³-hybridized carbons (Fsp3) is 0.250. The number of aliphatic hydroxyl groups is 1. The quantitative estimate of drug-likeness (QED) is 0.652. The highest BCUT2D eigenvalue weighted by molar-refractivity contribution is 9.10. The van der Waals surface area contributed by atoms with Gasteiger partial charge in [0.25, 0.3) is 0 Å². The van der Waals surface area contributed by atoms with Crippen LogP contribution in [0.4, 0.5) is 0 Å². The van der Waals surface area contributed by atoms with Crippen LogP contribution >= 0.6 is 15.9 Å². The molecule has 1 N–H and O–H groups in total. The molecule has 0 spiro atoms. The minimum Gasteiger partial charge on any atom is -0.381 e. The Morgan fingerprint density at radius 1 is 1.54 bits per heavy atom. The van der Waals surface area contributed by atoms with Crippen molar-refractivity contribution in [1.29, 1.82) is 0 Å². The molecule has 1 rings (SSSR count). The smallest absolute Gasteiger partial charge is 0.233 e. The van der Waals surface area contributed by atoms with E-state index in [0.29, 0.717) is 10.0 Å². The summed E-state index contributed by atoms with van der Waals surface area (Å²) in [6.45, 7) is -0.470. The predicted molar refractivity (Wildman–Crippen MR) is 51.0 cm³/mol. The highest BCUT2D eigenvalue weighted by atomic mass is 79.9. The molecule has 0 heterocycles. The Hall–Kier alpha value is -0.940. The van der Waals surface area contributed by atoms with E-state index in [-0.39, 0.29) is 0 Å². The molecule has 0 aliphatic heterocycles. The molecule has 4 nitrogen and oxygen atoms in total. The Labute approximate surface area is 83.5 Å². The van der Waals surface area contributed by atoms with Gasteiger partial charge in [0.1, 0.15) is 6.10 Å². The number of halogens is 1. The first-order chi connectivity index (χ1) is 6.11. The lowest BCUT2D eigenvalue weighted by Crippen LogP contribution is -2.12. The van der Waals surface area contributed by atoms with Crippen LogP contribution in [0.1, 0.15) is 11.7 Å². The Kier molecular flexibility index (Phi) is 3.39. The summed E-state index contributed by atoms with van der Waals surface area (Å²) in [5.74, 6) is 0. The van der Waals surface area contributed by atoms with Crippen molar-refractivity contribution < 1.29 is 10.0 Å². The molecule has 0 saturated heterocycles. The van der Waals surface area contributed by atoms with Crippen LogP contribution in [0.3, 0.4) is 0 Å². The molecule has 5 heteroatoms. The number of aliphatic hydroxyl groups excluding tert-OH is 1. The van der Waals surface area contributed by atoms with Crippen LogP contribution < -0.4 is 0 Å². The number of rotatable bonds is 3. The average Bonchev–Trinajstić information content (AvgIpc) is 2.03. The van der Waals surface area contributed by atoms with Gasteiger partial charge in [0.15, 0.2) is 0 Å². The zero-order chi connectivity index (χ0) is 9.84. The van der Waals surface area contributed by atoms with Crippen LogP contribution in [0.2, 0.25) is 0 Å². The lowest BCUT2D eigenvalue weighted by molar-refractivity contribution is -0.491. The summed E-state index contributed by atoms with van der Waals surface area (Å²) in [6.07, 6.45) is -1.05. The largest absolute Gasteiger partial charge is 0.381 e. The van der Waals surface area contributed by atoms with Crippen LogP contribution in [-0.2, 0) is 0 Å². The maximum absolute atomic E-state index is 10.1. The summed E-state index contributed by atoms with van der Waals surface area (Å²) in [5.41, 5.74) is 0.541. The van der Waals surface area contributed by atoms with Crippen LogP contribution in [0.15, 0.2) is 28.7 Å². The van der Waals surface area contributed by atoms with Gasteiger partial charge in [0.05, 0.1) is 0 Å². The summed E-state index contributed by atoms with van der Waals surface area (Å²) in [5, 5.41) is 19.5. The summed E-state index contributed by atoms with van der Waals surface area (Å²) in [6, 6.07) is 6.90. The van der Waals surface area contributed by atoms with Gasteiger partial charge in [-0.05, 0) is 6.07 Å². The molecule has 0 fully saturated rings. The zero-order valence-corrected chi connectivity index (χ0v) is 8.27. The molecule has 0 aliphatic rings. The zero-order valence-electron chi connectivity index (χ0n) is 6.68. The summed E-state index contributed by atoms with van der Waals surface area (Å²) < 4.78 is 0.685. The van der Waals surface area contributed by atoms with Gasteiger partial charge in [-0.25, -0.2) is 0 Å². The van der Waals surface area contributed by atoms with Gasteiger partial charge in [-0.15, -0.1) is 0 Å². The van der Waals surface area contributed by atoms with E-state index < -0.39 is 17.6 Å².